The van der Waals surface area contributed by atoms with Crippen molar-refractivity contribution in [2.45, 2.75) is 32.6 Å². The van der Waals surface area contributed by atoms with E-state index in [2.05, 4.69) is 4.72 Å². The van der Waals surface area contributed by atoms with Crippen LogP contribution in [0.15, 0.2) is 35.2 Å². The van der Waals surface area contributed by atoms with Gasteiger partial charge in [0.1, 0.15) is 0 Å². The number of rotatable bonds is 4. The fraction of sp³-hybridized carbons (Fsp3) is 0.235. The zero-order chi connectivity index (χ0) is 17.4. The SMILES string of the molecule is Cc1cccc(NS(=O)(=O)c2cc(C(=O)O)cc(C)c2C)c1C. The number of nitrogens with one attached hydrogen (secondary N) is 1. The van der Waals surface area contributed by atoms with Gasteiger partial charge in [-0.15, -0.1) is 0 Å². The Morgan fingerprint density at radius 1 is 1.00 bits per heavy atom. The smallest absolute Gasteiger partial charge is 0.335 e. The van der Waals surface area contributed by atoms with Crippen LogP contribution in [-0.2, 0) is 10.0 Å². The van der Waals surface area contributed by atoms with E-state index >= 15 is 0 Å². The quantitative estimate of drug-likeness (QED) is 0.898. The summed E-state index contributed by atoms with van der Waals surface area (Å²) in [6, 6.07) is 8.01. The second kappa shape index (κ2) is 6.04. The van der Waals surface area contributed by atoms with Crippen molar-refractivity contribution in [2.24, 2.45) is 0 Å². The summed E-state index contributed by atoms with van der Waals surface area (Å²) in [5, 5.41) is 9.15. The van der Waals surface area contributed by atoms with Gasteiger partial charge in [-0.1, -0.05) is 12.1 Å². The fourth-order valence-corrected chi connectivity index (χ4v) is 3.76. The summed E-state index contributed by atoms with van der Waals surface area (Å²) in [5.74, 6) is -1.16. The number of carbonyl (C=O) groups is 1. The Morgan fingerprint density at radius 2 is 1.65 bits per heavy atom. The molecule has 0 aromatic heterocycles. The van der Waals surface area contributed by atoms with Crippen molar-refractivity contribution in [3.63, 3.8) is 0 Å². The van der Waals surface area contributed by atoms with Gasteiger partial charge < -0.3 is 5.11 Å². The van der Waals surface area contributed by atoms with Crippen molar-refractivity contribution in [2.75, 3.05) is 4.72 Å². The second-order valence-corrected chi connectivity index (χ2v) is 7.23. The van der Waals surface area contributed by atoms with E-state index in [9.17, 15) is 13.2 Å². The number of aryl methyl sites for hydroxylation is 2. The van der Waals surface area contributed by atoms with Gasteiger partial charge in [0, 0.05) is 0 Å². The molecule has 0 atom stereocenters. The minimum Gasteiger partial charge on any atom is -0.478 e. The van der Waals surface area contributed by atoms with E-state index in [1.807, 2.05) is 19.9 Å². The number of aromatic carboxylic acids is 1. The zero-order valence-corrected chi connectivity index (χ0v) is 14.3. The molecule has 0 saturated heterocycles. The fourth-order valence-electron chi connectivity index (χ4n) is 2.29. The molecular weight excluding hydrogens is 314 g/mol. The third-order valence-electron chi connectivity index (χ3n) is 4.01. The standard InChI is InChI=1S/C17H19NO4S/c1-10-6-5-7-15(12(10)3)18-23(21,22)16-9-14(17(19)20)8-11(2)13(16)4/h5-9,18H,1-4H3,(H,19,20). The minimum absolute atomic E-state index is 0.0178. The number of carboxylic acid groups (broad SMARTS) is 1. The molecule has 0 unspecified atom stereocenters. The average Bonchev–Trinajstić information content (AvgIpc) is 2.46. The third-order valence-corrected chi connectivity index (χ3v) is 5.50. The molecule has 0 heterocycles. The molecular formula is C17H19NO4S. The summed E-state index contributed by atoms with van der Waals surface area (Å²) in [6.45, 7) is 7.09. The maximum Gasteiger partial charge on any atom is 0.335 e. The highest BCUT2D eigenvalue weighted by molar-refractivity contribution is 7.92. The van der Waals surface area contributed by atoms with E-state index in [-0.39, 0.29) is 10.5 Å². The van der Waals surface area contributed by atoms with Crippen LogP contribution >= 0.6 is 0 Å². The normalized spacial score (nSPS) is 11.3. The van der Waals surface area contributed by atoms with E-state index in [4.69, 9.17) is 5.11 Å². The molecule has 122 valence electrons. The third kappa shape index (κ3) is 3.37. The van der Waals surface area contributed by atoms with Gasteiger partial charge in [0.2, 0.25) is 0 Å². The molecule has 6 heteroatoms. The molecule has 2 aromatic carbocycles. The monoisotopic (exact) mass is 333 g/mol. The predicted octanol–water partition coefficient (Wildman–Crippen LogP) is 3.42. The van der Waals surface area contributed by atoms with Crippen LogP contribution in [0.1, 0.15) is 32.6 Å². The lowest BCUT2D eigenvalue weighted by molar-refractivity contribution is 0.0696. The summed E-state index contributed by atoms with van der Waals surface area (Å²) < 4.78 is 28.0. The van der Waals surface area contributed by atoms with Crippen LogP contribution in [0.3, 0.4) is 0 Å². The van der Waals surface area contributed by atoms with Gasteiger partial charge >= 0.3 is 5.97 Å². The molecule has 0 spiro atoms. The summed E-state index contributed by atoms with van der Waals surface area (Å²) in [4.78, 5) is 11.2. The van der Waals surface area contributed by atoms with Crippen molar-refractivity contribution in [3.8, 4) is 0 Å². The lowest BCUT2D eigenvalue weighted by Crippen LogP contribution is -2.16. The van der Waals surface area contributed by atoms with E-state index in [1.165, 1.54) is 12.1 Å². The van der Waals surface area contributed by atoms with Gasteiger partial charge in [-0.25, -0.2) is 13.2 Å². The molecule has 2 rings (SSSR count). The summed E-state index contributed by atoms with van der Waals surface area (Å²) in [5.41, 5.74) is 3.40. The summed E-state index contributed by atoms with van der Waals surface area (Å²) in [7, 11) is -3.88. The Labute approximate surface area is 136 Å². The molecule has 0 radical (unpaired) electrons. The Hall–Kier alpha value is -2.34. The average molecular weight is 333 g/mol. The van der Waals surface area contributed by atoms with Gasteiger partial charge in [0.15, 0.2) is 0 Å². The summed E-state index contributed by atoms with van der Waals surface area (Å²) in [6.07, 6.45) is 0. The molecule has 0 fully saturated rings. The topological polar surface area (TPSA) is 83.5 Å². The van der Waals surface area contributed by atoms with Gasteiger partial charge in [-0.2, -0.15) is 0 Å². The van der Waals surface area contributed by atoms with Crippen molar-refractivity contribution >= 4 is 21.7 Å². The van der Waals surface area contributed by atoms with Crippen LogP contribution in [-0.4, -0.2) is 19.5 Å². The van der Waals surface area contributed by atoms with Gasteiger partial charge in [0.05, 0.1) is 16.1 Å². The largest absolute Gasteiger partial charge is 0.478 e. The summed E-state index contributed by atoms with van der Waals surface area (Å²) >= 11 is 0. The maximum atomic E-state index is 12.7. The molecule has 0 amide bonds. The van der Waals surface area contributed by atoms with Crippen molar-refractivity contribution in [1.29, 1.82) is 0 Å². The predicted molar refractivity (Wildman–Crippen MR) is 89.6 cm³/mol. The molecule has 5 nitrogen and oxygen atoms in total. The minimum atomic E-state index is -3.88. The van der Waals surface area contributed by atoms with Crippen LogP contribution in [0.25, 0.3) is 0 Å². The molecule has 0 saturated carbocycles. The Morgan fingerprint density at radius 3 is 2.26 bits per heavy atom. The van der Waals surface area contributed by atoms with Crippen LogP contribution in [0, 0.1) is 27.7 Å². The van der Waals surface area contributed by atoms with Crippen molar-refractivity contribution in [1.82, 2.24) is 0 Å². The first-order chi connectivity index (χ1) is 10.6. The molecule has 0 aliphatic heterocycles. The zero-order valence-electron chi connectivity index (χ0n) is 13.5. The van der Waals surface area contributed by atoms with Crippen LogP contribution < -0.4 is 4.72 Å². The van der Waals surface area contributed by atoms with E-state index in [0.717, 1.165) is 11.1 Å². The van der Waals surface area contributed by atoms with Gasteiger partial charge in [-0.05, 0) is 68.1 Å². The molecule has 0 aliphatic rings. The van der Waals surface area contributed by atoms with Crippen molar-refractivity contribution in [3.05, 3.63) is 58.1 Å². The molecule has 2 aromatic rings. The Kier molecular flexibility index (Phi) is 4.47. The van der Waals surface area contributed by atoms with E-state index in [1.54, 1.807) is 26.0 Å². The number of carboxylic acids is 1. The highest BCUT2D eigenvalue weighted by Crippen LogP contribution is 2.26. The van der Waals surface area contributed by atoms with Crippen LogP contribution in [0.5, 0.6) is 0 Å². The Balaban J connectivity index is 2.56. The Bertz CT molecular complexity index is 886. The first kappa shape index (κ1) is 17.0. The van der Waals surface area contributed by atoms with E-state index in [0.29, 0.717) is 16.8 Å². The van der Waals surface area contributed by atoms with Gasteiger partial charge in [0.25, 0.3) is 10.0 Å². The molecule has 0 bridgehead atoms. The van der Waals surface area contributed by atoms with Gasteiger partial charge in [-0.3, -0.25) is 4.72 Å². The van der Waals surface area contributed by atoms with Crippen LogP contribution in [0.4, 0.5) is 5.69 Å². The first-order valence-corrected chi connectivity index (χ1v) is 8.55. The lowest BCUT2D eigenvalue weighted by atomic mass is 10.1. The van der Waals surface area contributed by atoms with Crippen LogP contribution in [0.2, 0.25) is 0 Å². The number of benzene rings is 2. The second-order valence-electron chi connectivity index (χ2n) is 5.57. The lowest BCUT2D eigenvalue weighted by Gasteiger charge is -2.15. The molecule has 23 heavy (non-hydrogen) atoms. The highest BCUT2D eigenvalue weighted by atomic mass is 32.2. The molecule has 0 aliphatic carbocycles. The number of hydrogen-bond acceptors (Lipinski definition) is 3. The highest BCUT2D eigenvalue weighted by Gasteiger charge is 2.21. The van der Waals surface area contributed by atoms with E-state index < -0.39 is 16.0 Å². The first-order valence-electron chi connectivity index (χ1n) is 7.07. The number of sulfonamides is 1. The number of anilines is 1. The van der Waals surface area contributed by atoms with Crippen molar-refractivity contribution < 1.29 is 18.3 Å². The molecule has 2 N–H and O–H groups in total. The number of hydrogen-bond donors (Lipinski definition) is 2. The maximum absolute atomic E-state index is 12.7.